The lowest BCUT2D eigenvalue weighted by atomic mass is 10.2. The third kappa shape index (κ3) is 2.69. The normalized spacial score (nSPS) is 10.2. The van der Waals surface area contributed by atoms with E-state index in [1.165, 1.54) is 18.5 Å². The van der Waals surface area contributed by atoms with Gasteiger partial charge in [0.15, 0.2) is 6.39 Å². The zero-order chi connectivity index (χ0) is 12.3. The standard InChI is InChI=1S/C12H11FN2O2/c1-8-11(17-7-14-8)6-12(16)15-10-5-3-2-4-9(10)13/h2-5,7H,6H2,1H3,(H,15,16). The van der Waals surface area contributed by atoms with Crippen LogP contribution in [0.4, 0.5) is 10.1 Å². The molecule has 2 rings (SSSR count). The Morgan fingerprint density at radius 3 is 2.88 bits per heavy atom. The number of hydrogen-bond donors (Lipinski definition) is 1. The molecule has 1 heterocycles. The molecule has 0 bridgehead atoms. The smallest absolute Gasteiger partial charge is 0.232 e. The van der Waals surface area contributed by atoms with Crippen LogP contribution in [0.25, 0.3) is 0 Å². The molecule has 1 aromatic carbocycles. The third-order valence-electron chi connectivity index (χ3n) is 2.31. The van der Waals surface area contributed by atoms with Crippen LogP contribution in [0.5, 0.6) is 0 Å². The van der Waals surface area contributed by atoms with Crippen molar-refractivity contribution in [3.63, 3.8) is 0 Å². The Kier molecular flexibility index (Phi) is 3.18. The molecule has 0 saturated heterocycles. The van der Waals surface area contributed by atoms with Crippen LogP contribution in [-0.4, -0.2) is 10.9 Å². The lowest BCUT2D eigenvalue weighted by Crippen LogP contribution is -2.15. The maximum atomic E-state index is 13.3. The van der Waals surface area contributed by atoms with Gasteiger partial charge in [-0.25, -0.2) is 9.37 Å². The summed E-state index contributed by atoms with van der Waals surface area (Å²) >= 11 is 0. The molecule has 1 amide bonds. The van der Waals surface area contributed by atoms with E-state index in [-0.39, 0.29) is 18.0 Å². The van der Waals surface area contributed by atoms with Gasteiger partial charge in [0.05, 0.1) is 17.8 Å². The molecule has 0 atom stereocenters. The molecule has 0 aliphatic rings. The number of carbonyl (C=O) groups is 1. The monoisotopic (exact) mass is 234 g/mol. The molecule has 5 heteroatoms. The molecule has 0 fully saturated rings. The number of aryl methyl sites for hydroxylation is 1. The molecule has 17 heavy (non-hydrogen) atoms. The molecule has 4 nitrogen and oxygen atoms in total. The maximum absolute atomic E-state index is 13.3. The molecule has 0 saturated carbocycles. The molecule has 2 aromatic rings. The number of hydrogen-bond acceptors (Lipinski definition) is 3. The number of aromatic nitrogens is 1. The average molecular weight is 234 g/mol. The summed E-state index contributed by atoms with van der Waals surface area (Å²) in [6.07, 6.45) is 1.32. The van der Waals surface area contributed by atoms with Crippen molar-refractivity contribution in [2.45, 2.75) is 13.3 Å². The minimum Gasteiger partial charge on any atom is -0.448 e. The predicted molar refractivity (Wildman–Crippen MR) is 60.0 cm³/mol. The van der Waals surface area contributed by atoms with E-state index >= 15 is 0 Å². The highest BCUT2D eigenvalue weighted by Gasteiger charge is 2.11. The number of nitrogens with one attached hydrogen (secondary N) is 1. The fourth-order valence-electron chi connectivity index (χ4n) is 1.40. The number of halogens is 1. The first-order chi connectivity index (χ1) is 8.16. The number of oxazole rings is 1. The highest BCUT2D eigenvalue weighted by Crippen LogP contribution is 2.13. The predicted octanol–water partition coefficient (Wildman–Crippen LogP) is 2.30. The minimum absolute atomic E-state index is 0.0418. The highest BCUT2D eigenvalue weighted by molar-refractivity contribution is 5.92. The van der Waals surface area contributed by atoms with E-state index < -0.39 is 5.82 Å². The van der Waals surface area contributed by atoms with Crippen molar-refractivity contribution >= 4 is 11.6 Å². The number of benzene rings is 1. The van der Waals surface area contributed by atoms with Crippen molar-refractivity contribution in [3.8, 4) is 0 Å². The highest BCUT2D eigenvalue weighted by atomic mass is 19.1. The first kappa shape index (κ1) is 11.3. The van der Waals surface area contributed by atoms with E-state index in [4.69, 9.17) is 4.42 Å². The molecule has 0 radical (unpaired) electrons. The largest absolute Gasteiger partial charge is 0.448 e. The number of carbonyl (C=O) groups excluding carboxylic acids is 1. The van der Waals surface area contributed by atoms with Gasteiger partial charge in [-0.15, -0.1) is 0 Å². The van der Waals surface area contributed by atoms with Gasteiger partial charge in [0.2, 0.25) is 5.91 Å². The Balaban J connectivity index is 2.03. The minimum atomic E-state index is -0.463. The summed E-state index contributed by atoms with van der Waals surface area (Å²) in [5, 5.41) is 2.47. The summed E-state index contributed by atoms with van der Waals surface area (Å²) in [6.45, 7) is 1.75. The van der Waals surface area contributed by atoms with Gasteiger partial charge in [0, 0.05) is 0 Å². The van der Waals surface area contributed by atoms with Gasteiger partial charge in [-0.1, -0.05) is 12.1 Å². The summed E-state index contributed by atoms with van der Waals surface area (Å²) in [5.74, 6) is -0.316. The lowest BCUT2D eigenvalue weighted by Gasteiger charge is -2.04. The van der Waals surface area contributed by atoms with Crippen molar-refractivity contribution in [1.29, 1.82) is 0 Å². The lowest BCUT2D eigenvalue weighted by molar-refractivity contribution is -0.115. The molecule has 0 spiro atoms. The van der Waals surface area contributed by atoms with Gasteiger partial charge < -0.3 is 9.73 Å². The van der Waals surface area contributed by atoms with Crippen LogP contribution in [0, 0.1) is 12.7 Å². The van der Waals surface area contributed by atoms with Crippen LogP contribution in [0.15, 0.2) is 35.1 Å². The Labute approximate surface area is 97.5 Å². The van der Waals surface area contributed by atoms with Crippen LogP contribution >= 0.6 is 0 Å². The maximum Gasteiger partial charge on any atom is 0.232 e. The molecule has 1 N–H and O–H groups in total. The number of anilines is 1. The number of para-hydroxylation sites is 1. The number of rotatable bonds is 3. The van der Waals surface area contributed by atoms with Gasteiger partial charge in [-0.05, 0) is 19.1 Å². The van der Waals surface area contributed by atoms with Crippen molar-refractivity contribution in [1.82, 2.24) is 4.98 Å². The van der Waals surface area contributed by atoms with Crippen molar-refractivity contribution in [2.75, 3.05) is 5.32 Å². The van der Waals surface area contributed by atoms with E-state index in [9.17, 15) is 9.18 Å². The van der Waals surface area contributed by atoms with Crippen LogP contribution in [0.3, 0.4) is 0 Å². The number of amides is 1. The second kappa shape index (κ2) is 4.78. The molecule has 0 aliphatic heterocycles. The first-order valence-electron chi connectivity index (χ1n) is 5.10. The fraction of sp³-hybridized carbons (Fsp3) is 0.167. The zero-order valence-electron chi connectivity index (χ0n) is 9.24. The topological polar surface area (TPSA) is 55.1 Å². The van der Waals surface area contributed by atoms with Crippen molar-refractivity contribution in [2.24, 2.45) is 0 Å². The molecule has 1 aromatic heterocycles. The summed E-state index contributed by atoms with van der Waals surface area (Å²) in [4.78, 5) is 15.5. The van der Waals surface area contributed by atoms with E-state index in [2.05, 4.69) is 10.3 Å². The fourth-order valence-corrected chi connectivity index (χ4v) is 1.40. The van der Waals surface area contributed by atoms with E-state index in [1.807, 2.05) is 0 Å². The van der Waals surface area contributed by atoms with Gasteiger partial charge in [0.1, 0.15) is 11.6 Å². The van der Waals surface area contributed by atoms with Gasteiger partial charge in [-0.3, -0.25) is 4.79 Å². The van der Waals surface area contributed by atoms with Crippen LogP contribution in [0.1, 0.15) is 11.5 Å². The summed E-state index contributed by atoms with van der Waals surface area (Å²) in [5.41, 5.74) is 0.823. The molecular weight excluding hydrogens is 223 g/mol. The van der Waals surface area contributed by atoms with Gasteiger partial charge >= 0.3 is 0 Å². The Morgan fingerprint density at radius 2 is 2.24 bits per heavy atom. The van der Waals surface area contributed by atoms with Gasteiger partial charge in [-0.2, -0.15) is 0 Å². The van der Waals surface area contributed by atoms with Crippen LogP contribution < -0.4 is 5.32 Å². The molecule has 88 valence electrons. The zero-order valence-corrected chi connectivity index (χ0v) is 9.24. The SMILES string of the molecule is Cc1ncoc1CC(=O)Nc1ccccc1F. The van der Waals surface area contributed by atoms with Crippen LogP contribution in [-0.2, 0) is 11.2 Å². The molecular formula is C12H11FN2O2. The number of nitrogens with zero attached hydrogens (tertiary/aromatic N) is 1. The first-order valence-corrected chi connectivity index (χ1v) is 5.10. The molecule has 0 unspecified atom stereocenters. The van der Waals surface area contributed by atoms with Crippen molar-refractivity contribution < 1.29 is 13.6 Å². The van der Waals surface area contributed by atoms with Gasteiger partial charge in [0.25, 0.3) is 0 Å². The van der Waals surface area contributed by atoms with Crippen molar-refractivity contribution in [3.05, 3.63) is 47.9 Å². The third-order valence-corrected chi connectivity index (χ3v) is 2.31. The molecule has 0 aliphatic carbocycles. The van der Waals surface area contributed by atoms with Crippen LogP contribution in [0.2, 0.25) is 0 Å². The van der Waals surface area contributed by atoms with E-state index in [0.29, 0.717) is 11.5 Å². The Bertz CT molecular complexity index is 537. The quantitative estimate of drug-likeness (QED) is 0.886. The van der Waals surface area contributed by atoms with E-state index in [1.54, 1.807) is 19.1 Å². The Morgan fingerprint density at radius 1 is 1.47 bits per heavy atom. The van der Waals surface area contributed by atoms with E-state index in [0.717, 1.165) is 0 Å². The second-order valence-corrected chi connectivity index (χ2v) is 3.57. The second-order valence-electron chi connectivity index (χ2n) is 3.57. The summed E-state index contributed by atoms with van der Waals surface area (Å²) in [7, 11) is 0. The Hall–Kier alpha value is -2.17. The summed E-state index contributed by atoms with van der Waals surface area (Å²) < 4.78 is 18.3. The average Bonchev–Trinajstić information content (AvgIpc) is 2.68. The summed E-state index contributed by atoms with van der Waals surface area (Å²) in [6, 6.07) is 6.00.